The Kier molecular flexibility index (Phi) is 5.24. The van der Waals surface area contributed by atoms with Crippen LogP contribution in [0.15, 0.2) is 11.4 Å². The molecular weight excluding hydrogens is 331 g/mol. The van der Waals surface area contributed by atoms with Gasteiger partial charge < -0.3 is 5.32 Å². The van der Waals surface area contributed by atoms with E-state index in [0.717, 1.165) is 28.8 Å². The maximum atomic E-state index is 12.4. The summed E-state index contributed by atoms with van der Waals surface area (Å²) in [6.07, 6.45) is -3.45. The molecule has 2 aromatic heterocycles. The van der Waals surface area contributed by atoms with E-state index in [4.69, 9.17) is 0 Å². The van der Waals surface area contributed by atoms with Gasteiger partial charge in [0.1, 0.15) is 5.82 Å². The highest BCUT2D eigenvalue weighted by atomic mass is 32.1. The molecule has 6 nitrogen and oxygen atoms in total. The first-order chi connectivity index (χ1) is 10.8. The summed E-state index contributed by atoms with van der Waals surface area (Å²) in [4.78, 5) is 15.3. The second-order valence-electron chi connectivity index (χ2n) is 4.75. The number of hydrogen-bond acceptors (Lipinski definition) is 4. The molecule has 23 heavy (non-hydrogen) atoms. The lowest BCUT2D eigenvalue weighted by Crippen LogP contribution is -2.31. The molecule has 0 fully saturated rings. The number of amides is 2. The van der Waals surface area contributed by atoms with Crippen molar-refractivity contribution in [1.82, 2.24) is 20.1 Å². The summed E-state index contributed by atoms with van der Waals surface area (Å²) < 4.78 is 38.8. The summed E-state index contributed by atoms with van der Waals surface area (Å²) in [5, 5.41) is 10.7. The van der Waals surface area contributed by atoms with Crippen molar-refractivity contribution >= 4 is 23.2 Å². The van der Waals surface area contributed by atoms with Crippen molar-refractivity contribution < 1.29 is 18.0 Å². The molecule has 10 heteroatoms. The molecule has 0 spiro atoms. The fourth-order valence-corrected chi connectivity index (χ4v) is 2.62. The molecule has 0 saturated carbocycles. The molecule has 0 aliphatic carbocycles. The zero-order valence-corrected chi connectivity index (χ0v) is 13.4. The zero-order valence-electron chi connectivity index (χ0n) is 12.6. The summed E-state index contributed by atoms with van der Waals surface area (Å²) >= 11 is 0.924. The Labute approximate surface area is 134 Å². The highest BCUT2D eigenvalue weighted by Gasteiger charge is 2.33. The topological polar surface area (TPSA) is 71.8 Å². The van der Waals surface area contributed by atoms with E-state index >= 15 is 0 Å². The van der Waals surface area contributed by atoms with Gasteiger partial charge in [-0.1, -0.05) is 6.92 Å². The van der Waals surface area contributed by atoms with Crippen molar-refractivity contribution in [3.05, 3.63) is 27.8 Å². The van der Waals surface area contributed by atoms with Gasteiger partial charge in [-0.2, -0.15) is 18.3 Å². The number of thiazole rings is 1. The van der Waals surface area contributed by atoms with Gasteiger partial charge in [-0.3, -0.25) is 10.00 Å². The summed E-state index contributed by atoms with van der Waals surface area (Å²) in [5.41, 5.74) is -0.0470. The lowest BCUT2D eigenvalue weighted by atomic mass is 10.3. The standard InChI is InChI=1S/C13H16F3N5OS/c1-3-8-6-10(21(2)20-8)19-12(22)17-5-4-11-18-9(7-23-11)13(14,15)16/h6-7H,3-5H2,1-2H3,(H2,17,19,22). The van der Waals surface area contributed by atoms with Crippen LogP contribution in [0.4, 0.5) is 23.8 Å². The highest BCUT2D eigenvalue weighted by molar-refractivity contribution is 7.09. The number of rotatable bonds is 5. The molecule has 0 bridgehead atoms. The second kappa shape index (κ2) is 6.99. The Morgan fingerprint density at radius 1 is 1.43 bits per heavy atom. The van der Waals surface area contributed by atoms with Crippen LogP contribution in [-0.2, 0) is 26.1 Å². The first kappa shape index (κ1) is 17.3. The van der Waals surface area contributed by atoms with E-state index in [-0.39, 0.29) is 13.0 Å². The van der Waals surface area contributed by atoms with Crippen molar-refractivity contribution in [1.29, 1.82) is 0 Å². The quantitative estimate of drug-likeness (QED) is 0.874. The number of nitrogens with zero attached hydrogens (tertiary/aromatic N) is 3. The molecule has 0 aromatic carbocycles. The number of aryl methyl sites for hydroxylation is 2. The van der Waals surface area contributed by atoms with Crippen molar-refractivity contribution in [2.45, 2.75) is 25.9 Å². The molecule has 0 aliphatic rings. The molecule has 0 aliphatic heterocycles. The Morgan fingerprint density at radius 3 is 2.74 bits per heavy atom. The summed E-state index contributed by atoms with van der Waals surface area (Å²) in [5.74, 6) is 0.549. The molecule has 2 aromatic rings. The van der Waals surface area contributed by atoms with Gasteiger partial charge >= 0.3 is 12.2 Å². The Hall–Kier alpha value is -2.10. The van der Waals surface area contributed by atoms with Crippen LogP contribution in [0.2, 0.25) is 0 Å². The molecule has 2 rings (SSSR count). The number of alkyl halides is 3. The van der Waals surface area contributed by atoms with Gasteiger partial charge in [-0.25, -0.2) is 9.78 Å². The molecule has 0 radical (unpaired) electrons. The Bertz CT molecular complexity index is 679. The Morgan fingerprint density at radius 2 is 2.17 bits per heavy atom. The average molecular weight is 347 g/mol. The number of hydrogen-bond donors (Lipinski definition) is 2. The monoisotopic (exact) mass is 347 g/mol. The van der Waals surface area contributed by atoms with Gasteiger partial charge in [0.15, 0.2) is 5.69 Å². The van der Waals surface area contributed by atoms with Gasteiger partial charge in [-0.15, -0.1) is 11.3 Å². The summed E-state index contributed by atoms with van der Waals surface area (Å²) in [6, 6.07) is 1.32. The third-order valence-electron chi connectivity index (χ3n) is 3.00. The lowest BCUT2D eigenvalue weighted by Gasteiger charge is -2.06. The van der Waals surface area contributed by atoms with Crippen LogP contribution in [0.5, 0.6) is 0 Å². The van der Waals surface area contributed by atoms with E-state index in [1.807, 2.05) is 6.92 Å². The van der Waals surface area contributed by atoms with Crippen LogP contribution in [0.25, 0.3) is 0 Å². The summed E-state index contributed by atoms with van der Waals surface area (Å²) in [6.45, 7) is 2.14. The third kappa shape index (κ3) is 4.68. The number of anilines is 1. The number of carbonyl (C=O) groups excluding carboxylic acids is 1. The number of nitrogens with one attached hydrogen (secondary N) is 2. The second-order valence-corrected chi connectivity index (χ2v) is 5.70. The minimum absolute atomic E-state index is 0.190. The third-order valence-corrected chi connectivity index (χ3v) is 3.91. The van der Waals surface area contributed by atoms with Crippen LogP contribution in [0.1, 0.15) is 23.3 Å². The molecule has 2 amide bonds. The maximum absolute atomic E-state index is 12.4. The van der Waals surface area contributed by atoms with Gasteiger partial charge in [0.05, 0.1) is 10.7 Å². The molecule has 2 heterocycles. The lowest BCUT2D eigenvalue weighted by molar-refractivity contribution is -0.140. The number of urea groups is 1. The van der Waals surface area contributed by atoms with Crippen LogP contribution in [-0.4, -0.2) is 27.3 Å². The van der Waals surface area contributed by atoms with Gasteiger partial charge in [0.2, 0.25) is 0 Å². The minimum Gasteiger partial charge on any atom is -0.337 e. The summed E-state index contributed by atoms with van der Waals surface area (Å²) in [7, 11) is 1.71. The maximum Gasteiger partial charge on any atom is 0.434 e. The van der Waals surface area contributed by atoms with Gasteiger partial charge in [0, 0.05) is 31.5 Å². The van der Waals surface area contributed by atoms with E-state index in [1.165, 1.54) is 0 Å². The van der Waals surface area contributed by atoms with Gasteiger partial charge in [-0.05, 0) is 6.42 Å². The predicted molar refractivity (Wildman–Crippen MR) is 80.4 cm³/mol. The fraction of sp³-hybridized carbons (Fsp3) is 0.462. The van der Waals surface area contributed by atoms with Crippen LogP contribution < -0.4 is 10.6 Å². The predicted octanol–water partition coefficient (Wildman–Crippen LogP) is 2.82. The molecule has 0 atom stereocenters. The molecular formula is C13H16F3N5OS. The van der Waals surface area contributed by atoms with E-state index < -0.39 is 17.9 Å². The van der Waals surface area contributed by atoms with E-state index in [0.29, 0.717) is 10.8 Å². The smallest absolute Gasteiger partial charge is 0.337 e. The zero-order chi connectivity index (χ0) is 17.0. The van der Waals surface area contributed by atoms with E-state index in [9.17, 15) is 18.0 Å². The van der Waals surface area contributed by atoms with Crippen molar-refractivity contribution in [3.63, 3.8) is 0 Å². The van der Waals surface area contributed by atoms with Crippen LogP contribution >= 0.6 is 11.3 Å². The van der Waals surface area contributed by atoms with E-state index in [1.54, 1.807) is 17.8 Å². The minimum atomic E-state index is -4.43. The van der Waals surface area contributed by atoms with E-state index in [2.05, 4.69) is 20.7 Å². The molecule has 0 saturated heterocycles. The SMILES string of the molecule is CCc1cc(NC(=O)NCCc2nc(C(F)(F)F)cs2)n(C)n1. The molecule has 0 unspecified atom stereocenters. The van der Waals surface area contributed by atoms with Crippen molar-refractivity contribution in [3.8, 4) is 0 Å². The molecule has 2 N–H and O–H groups in total. The first-order valence-electron chi connectivity index (χ1n) is 6.89. The van der Waals surface area contributed by atoms with Crippen LogP contribution in [0, 0.1) is 0 Å². The van der Waals surface area contributed by atoms with Gasteiger partial charge in [0.25, 0.3) is 0 Å². The average Bonchev–Trinajstić information content (AvgIpc) is 3.06. The van der Waals surface area contributed by atoms with Crippen molar-refractivity contribution in [2.75, 3.05) is 11.9 Å². The number of carbonyl (C=O) groups is 1. The fourth-order valence-electron chi connectivity index (χ4n) is 1.82. The Balaban J connectivity index is 1.80. The highest BCUT2D eigenvalue weighted by Crippen LogP contribution is 2.29. The first-order valence-corrected chi connectivity index (χ1v) is 7.77. The number of halogens is 3. The normalized spacial score (nSPS) is 11.5. The van der Waals surface area contributed by atoms with Crippen molar-refractivity contribution in [2.24, 2.45) is 7.05 Å². The van der Waals surface area contributed by atoms with Crippen LogP contribution in [0.3, 0.4) is 0 Å². The number of aromatic nitrogens is 3. The largest absolute Gasteiger partial charge is 0.434 e. The molecule has 126 valence electrons.